The number of ether oxygens (including phenoxy) is 1. The predicted octanol–water partition coefficient (Wildman–Crippen LogP) is 5.26. The van der Waals surface area contributed by atoms with Crippen LogP contribution < -0.4 is 0 Å². The highest BCUT2D eigenvalue weighted by atomic mass is 28.3. The number of hydrogen-bond acceptors (Lipinski definition) is 5. The minimum absolute atomic E-state index is 0.0112. The Kier molecular flexibility index (Phi) is 8.78. The lowest BCUT2D eigenvalue weighted by Crippen LogP contribution is -2.62. The molecule has 198 valence electrons. The Morgan fingerprint density at radius 3 is 2.23 bits per heavy atom. The van der Waals surface area contributed by atoms with Gasteiger partial charge in [-0.3, -0.25) is 9.80 Å². The number of rotatable bonds is 6. The highest BCUT2D eigenvalue weighted by molar-refractivity contribution is 6.48. The summed E-state index contributed by atoms with van der Waals surface area (Å²) >= 11 is 0. The standard InChI is InChI=1S/C28H48N2O4Si/c1-26(2,3)23-18-28(34-35(7)8,30(20-23)25(32)33-27(4,5)6)24(31)22-14-16-29(17-15-22)19-21-12-10-9-11-13-21/h9-13,22-24,31,35H,14-20H2,1-8H3/t23-,24?,28-/m0/s1. The third-order valence-corrected chi connectivity index (χ3v) is 8.35. The Labute approximate surface area is 214 Å². The number of likely N-dealkylation sites (tertiary alicyclic amines) is 2. The molecule has 0 saturated carbocycles. The van der Waals surface area contributed by atoms with Crippen LogP contribution in [-0.4, -0.2) is 67.1 Å². The topological polar surface area (TPSA) is 62.2 Å². The van der Waals surface area contributed by atoms with Gasteiger partial charge >= 0.3 is 6.09 Å². The van der Waals surface area contributed by atoms with Crippen LogP contribution in [0.2, 0.25) is 13.1 Å². The summed E-state index contributed by atoms with van der Waals surface area (Å²) in [5.41, 5.74) is -0.321. The van der Waals surface area contributed by atoms with Gasteiger partial charge < -0.3 is 14.3 Å². The highest BCUT2D eigenvalue weighted by Crippen LogP contribution is 2.47. The van der Waals surface area contributed by atoms with Crippen LogP contribution in [0, 0.1) is 17.3 Å². The van der Waals surface area contributed by atoms with Crippen LogP contribution in [0.5, 0.6) is 0 Å². The van der Waals surface area contributed by atoms with Crippen molar-refractivity contribution < 1.29 is 19.1 Å². The maximum atomic E-state index is 13.5. The predicted molar refractivity (Wildman–Crippen MR) is 144 cm³/mol. The lowest BCUT2D eigenvalue weighted by molar-refractivity contribution is -0.161. The van der Waals surface area contributed by atoms with E-state index in [9.17, 15) is 9.90 Å². The lowest BCUT2D eigenvalue weighted by atomic mass is 9.76. The van der Waals surface area contributed by atoms with E-state index < -0.39 is 26.5 Å². The minimum Gasteiger partial charge on any atom is -0.444 e. The van der Waals surface area contributed by atoms with Crippen molar-refractivity contribution in [2.24, 2.45) is 17.3 Å². The van der Waals surface area contributed by atoms with E-state index >= 15 is 0 Å². The summed E-state index contributed by atoms with van der Waals surface area (Å²) in [6.07, 6.45) is 1.31. The number of benzene rings is 1. The zero-order valence-electron chi connectivity index (χ0n) is 23.2. The monoisotopic (exact) mass is 504 g/mol. The molecule has 35 heavy (non-hydrogen) atoms. The molecule has 0 radical (unpaired) electrons. The average molecular weight is 505 g/mol. The molecule has 0 aliphatic carbocycles. The molecule has 6 nitrogen and oxygen atoms in total. The maximum Gasteiger partial charge on any atom is 0.412 e. The molecule has 3 atom stereocenters. The Hall–Kier alpha value is -1.41. The molecule has 1 aromatic rings. The Balaban J connectivity index is 1.82. The van der Waals surface area contributed by atoms with E-state index in [1.807, 2.05) is 26.8 Å². The van der Waals surface area contributed by atoms with Crippen LogP contribution in [0.15, 0.2) is 30.3 Å². The van der Waals surface area contributed by atoms with E-state index in [1.165, 1.54) is 5.56 Å². The molecule has 1 aromatic carbocycles. The molecule has 0 aromatic heterocycles. The van der Waals surface area contributed by atoms with Gasteiger partial charge in [0.25, 0.3) is 0 Å². The summed E-state index contributed by atoms with van der Waals surface area (Å²) in [4.78, 5) is 17.7. The van der Waals surface area contributed by atoms with Gasteiger partial charge in [-0.2, -0.15) is 0 Å². The zero-order valence-corrected chi connectivity index (χ0v) is 24.4. The SMILES string of the molecule is C[SiH](C)O[C@]1(C(O)C2CCN(Cc3ccccc3)CC2)C[C@H](C(C)(C)C)CN1C(=O)OC(C)(C)C. The van der Waals surface area contributed by atoms with E-state index in [0.717, 1.165) is 32.5 Å². The second-order valence-corrected chi connectivity index (χ2v) is 15.2. The quantitative estimate of drug-likeness (QED) is 0.536. The van der Waals surface area contributed by atoms with Gasteiger partial charge in [0.2, 0.25) is 0 Å². The summed E-state index contributed by atoms with van der Waals surface area (Å²) in [6.45, 7) is 19.9. The molecule has 7 heteroatoms. The van der Waals surface area contributed by atoms with Crippen molar-refractivity contribution in [1.29, 1.82) is 0 Å². The third kappa shape index (κ3) is 7.09. The molecule has 1 amide bonds. The van der Waals surface area contributed by atoms with Crippen LogP contribution in [-0.2, 0) is 15.7 Å². The van der Waals surface area contributed by atoms with Crippen molar-refractivity contribution in [3.63, 3.8) is 0 Å². The van der Waals surface area contributed by atoms with Crippen LogP contribution in [0.4, 0.5) is 4.79 Å². The van der Waals surface area contributed by atoms with Crippen molar-refractivity contribution in [3.8, 4) is 0 Å². The Bertz CT molecular complexity index is 828. The molecule has 2 aliphatic rings. The third-order valence-electron chi connectivity index (χ3n) is 7.47. The van der Waals surface area contributed by atoms with Gasteiger partial charge in [0, 0.05) is 19.5 Å². The molecule has 0 spiro atoms. The molecule has 0 bridgehead atoms. The van der Waals surface area contributed by atoms with Crippen LogP contribution >= 0.6 is 0 Å². The average Bonchev–Trinajstić information content (AvgIpc) is 3.14. The Morgan fingerprint density at radius 1 is 1.11 bits per heavy atom. The molecule has 2 aliphatic heterocycles. The zero-order chi connectivity index (χ0) is 26.0. The summed E-state index contributed by atoms with van der Waals surface area (Å²) in [5.74, 6) is 0.300. The number of hydrogen-bond donors (Lipinski definition) is 1. The fraction of sp³-hybridized carbons (Fsp3) is 0.750. The number of piperidine rings is 1. The second kappa shape index (κ2) is 10.9. The first-order chi connectivity index (χ1) is 16.2. The molecule has 2 heterocycles. The van der Waals surface area contributed by atoms with Gasteiger partial charge in [-0.25, -0.2) is 4.79 Å². The van der Waals surface area contributed by atoms with Crippen molar-refractivity contribution in [1.82, 2.24) is 9.80 Å². The smallest absolute Gasteiger partial charge is 0.412 e. The van der Waals surface area contributed by atoms with Crippen LogP contribution in [0.25, 0.3) is 0 Å². The molecule has 1 N–H and O–H groups in total. The number of aliphatic hydroxyl groups excluding tert-OH is 1. The van der Waals surface area contributed by atoms with E-state index in [2.05, 4.69) is 63.0 Å². The van der Waals surface area contributed by atoms with Crippen LogP contribution in [0.1, 0.15) is 66.4 Å². The molecule has 2 saturated heterocycles. The van der Waals surface area contributed by atoms with Gasteiger partial charge in [-0.1, -0.05) is 51.1 Å². The van der Waals surface area contributed by atoms with E-state index in [4.69, 9.17) is 9.16 Å². The van der Waals surface area contributed by atoms with Crippen molar-refractivity contribution >= 4 is 15.1 Å². The van der Waals surface area contributed by atoms with Gasteiger partial charge in [0.1, 0.15) is 11.7 Å². The van der Waals surface area contributed by atoms with Crippen LogP contribution in [0.3, 0.4) is 0 Å². The number of amides is 1. The van der Waals surface area contributed by atoms with Crippen molar-refractivity contribution in [2.75, 3.05) is 19.6 Å². The largest absolute Gasteiger partial charge is 0.444 e. The van der Waals surface area contributed by atoms with Gasteiger partial charge in [-0.05, 0) is 82.6 Å². The molecular formula is C28H48N2O4Si. The highest BCUT2D eigenvalue weighted by Gasteiger charge is 2.58. The molecular weight excluding hydrogens is 456 g/mol. The molecule has 3 rings (SSSR count). The minimum atomic E-state index is -1.59. The van der Waals surface area contributed by atoms with E-state index in [1.54, 1.807) is 4.90 Å². The van der Waals surface area contributed by atoms with Gasteiger partial charge in [0.05, 0.1) is 0 Å². The second-order valence-electron chi connectivity index (χ2n) is 12.9. The number of aliphatic hydroxyl groups is 1. The van der Waals surface area contributed by atoms with Gasteiger partial charge in [0.15, 0.2) is 14.8 Å². The summed E-state index contributed by atoms with van der Waals surface area (Å²) in [7, 11) is -1.59. The lowest BCUT2D eigenvalue weighted by Gasteiger charge is -2.47. The number of nitrogens with zero attached hydrogens (tertiary/aromatic N) is 2. The first-order valence-corrected chi connectivity index (χ1v) is 16.1. The molecule has 1 unspecified atom stereocenters. The summed E-state index contributed by atoms with van der Waals surface area (Å²) in [5, 5.41) is 12.0. The maximum absolute atomic E-state index is 13.5. The van der Waals surface area contributed by atoms with Crippen molar-refractivity contribution in [3.05, 3.63) is 35.9 Å². The Morgan fingerprint density at radius 2 is 1.71 bits per heavy atom. The van der Waals surface area contributed by atoms with E-state index in [-0.39, 0.29) is 23.3 Å². The first kappa shape index (κ1) is 28.2. The molecule has 2 fully saturated rings. The first-order valence-electron chi connectivity index (χ1n) is 13.3. The summed E-state index contributed by atoms with van der Waals surface area (Å²) in [6, 6.07) is 10.5. The fourth-order valence-corrected chi connectivity index (χ4v) is 6.71. The van der Waals surface area contributed by atoms with Gasteiger partial charge in [-0.15, -0.1) is 0 Å². The van der Waals surface area contributed by atoms with Crippen molar-refractivity contribution in [2.45, 2.75) is 97.9 Å². The number of carbonyl (C=O) groups excluding carboxylic acids is 1. The normalized spacial score (nSPS) is 25.8. The van der Waals surface area contributed by atoms with E-state index in [0.29, 0.717) is 13.0 Å². The summed E-state index contributed by atoms with van der Waals surface area (Å²) < 4.78 is 12.6. The number of carbonyl (C=O) groups is 1. The fourth-order valence-electron chi connectivity index (χ4n) is 5.54.